The van der Waals surface area contributed by atoms with Gasteiger partial charge in [-0.1, -0.05) is 25.6 Å². The maximum Gasteiger partial charge on any atom is 0.253 e. The van der Waals surface area contributed by atoms with Gasteiger partial charge in [-0.3, -0.25) is 4.79 Å². The molecule has 1 amide bonds. The lowest BCUT2D eigenvalue weighted by Gasteiger charge is -2.22. The summed E-state index contributed by atoms with van der Waals surface area (Å²) in [5.74, 6) is 0.752. The van der Waals surface area contributed by atoms with Crippen LogP contribution in [0.15, 0.2) is 24.3 Å². The first-order valence-corrected chi connectivity index (χ1v) is 7.21. The second-order valence-electron chi connectivity index (χ2n) is 4.59. The highest BCUT2D eigenvalue weighted by Crippen LogP contribution is 2.13. The molecule has 5 heteroatoms. The van der Waals surface area contributed by atoms with Crippen LogP contribution in [0.1, 0.15) is 36.5 Å². The minimum Gasteiger partial charge on any atom is -0.497 e. The Kier molecular flexibility index (Phi) is 7.01. The molecular formula is C15H22N2O2S. The number of thiocarbonyl (C=S) groups is 1. The highest BCUT2D eigenvalue weighted by molar-refractivity contribution is 7.80. The minimum absolute atomic E-state index is 0.0114. The van der Waals surface area contributed by atoms with Crippen molar-refractivity contribution < 1.29 is 9.53 Å². The summed E-state index contributed by atoms with van der Waals surface area (Å²) in [6.07, 6.45) is 2.57. The Balaban J connectivity index is 2.76. The summed E-state index contributed by atoms with van der Waals surface area (Å²) in [5, 5.41) is 0. The number of amides is 1. The SMILES string of the molecule is CCCCN(CCC(N)=S)C(=O)c1ccc(OC)cc1. The Bertz CT molecular complexity index is 446. The number of benzene rings is 1. The lowest BCUT2D eigenvalue weighted by atomic mass is 10.1. The van der Waals surface area contributed by atoms with E-state index in [1.165, 1.54) is 0 Å². The quantitative estimate of drug-likeness (QED) is 0.749. The number of ether oxygens (including phenoxy) is 1. The van der Waals surface area contributed by atoms with Crippen LogP contribution in [0.3, 0.4) is 0 Å². The van der Waals surface area contributed by atoms with E-state index in [2.05, 4.69) is 6.92 Å². The van der Waals surface area contributed by atoms with Gasteiger partial charge in [0, 0.05) is 25.1 Å². The van der Waals surface area contributed by atoms with E-state index < -0.39 is 0 Å². The van der Waals surface area contributed by atoms with Crippen LogP contribution < -0.4 is 10.5 Å². The van der Waals surface area contributed by atoms with Gasteiger partial charge < -0.3 is 15.4 Å². The Hall–Kier alpha value is -1.62. The van der Waals surface area contributed by atoms with Crippen LogP contribution >= 0.6 is 12.2 Å². The van der Waals surface area contributed by atoms with Gasteiger partial charge in [0.05, 0.1) is 12.1 Å². The average Bonchev–Trinajstić information content (AvgIpc) is 2.46. The molecule has 0 atom stereocenters. The summed E-state index contributed by atoms with van der Waals surface area (Å²) in [4.78, 5) is 14.7. The minimum atomic E-state index is 0.0114. The van der Waals surface area contributed by atoms with Crippen molar-refractivity contribution >= 4 is 23.1 Å². The molecule has 0 aliphatic carbocycles. The second-order valence-corrected chi connectivity index (χ2v) is 5.11. The van der Waals surface area contributed by atoms with E-state index in [4.69, 9.17) is 22.7 Å². The third-order valence-electron chi connectivity index (χ3n) is 3.03. The predicted octanol–water partition coefficient (Wildman–Crippen LogP) is 2.61. The summed E-state index contributed by atoms with van der Waals surface area (Å²) in [7, 11) is 1.60. The van der Waals surface area contributed by atoms with Gasteiger partial charge >= 0.3 is 0 Å². The fourth-order valence-corrected chi connectivity index (χ4v) is 1.92. The standard InChI is InChI=1S/C15H22N2O2S/c1-3-4-10-17(11-9-14(16)20)15(18)12-5-7-13(19-2)8-6-12/h5-8H,3-4,9-11H2,1-2H3,(H2,16,20). The van der Waals surface area contributed by atoms with Crippen molar-refractivity contribution in [3.05, 3.63) is 29.8 Å². The number of carbonyl (C=O) groups excluding carboxylic acids is 1. The first-order valence-electron chi connectivity index (χ1n) is 6.80. The monoisotopic (exact) mass is 294 g/mol. The molecule has 0 radical (unpaired) electrons. The Morgan fingerprint density at radius 1 is 1.30 bits per heavy atom. The van der Waals surface area contributed by atoms with Crippen molar-refractivity contribution in [2.75, 3.05) is 20.2 Å². The molecule has 2 N–H and O–H groups in total. The zero-order chi connectivity index (χ0) is 15.0. The van der Waals surface area contributed by atoms with Crippen molar-refractivity contribution in [3.63, 3.8) is 0 Å². The van der Waals surface area contributed by atoms with Gasteiger partial charge in [0.15, 0.2) is 0 Å². The molecule has 0 saturated carbocycles. The zero-order valence-electron chi connectivity index (χ0n) is 12.1. The number of unbranched alkanes of at least 4 members (excludes halogenated alkanes) is 1. The van der Waals surface area contributed by atoms with Crippen molar-refractivity contribution in [3.8, 4) is 5.75 Å². The number of nitrogens with two attached hydrogens (primary N) is 1. The van der Waals surface area contributed by atoms with Gasteiger partial charge in [-0.2, -0.15) is 0 Å². The van der Waals surface area contributed by atoms with Gasteiger partial charge in [-0.15, -0.1) is 0 Å². The molecule has 110 valence electrons. The molecule has 0 bridgehead atoms. The second kappa shape index (κ2) is 8.53. The predicted molar refractivity (Wildman–Crippen MR) is 85.2 cm³/mol. The number of hydrogen-bond acceptors (Lipinski definition) is 3. The Morgan fingerprint density at radius 2 is 1.95 bits per heavy atom. The summed E-state index contributed by atoms with van der Waals surface area (Å²) in [6.45, 7) is 3.40. The van der Waals surface area contributed by atoms with Crippen LogP contribution in [0.2, 0.25) is 0 Å². The molecule has 0 saturated heterocycles. The lowest BCUT2D eigenvalue weighted by Crippen LogP contribution is -2.34. The van der Waals surface area contributed by atoms with Gasteiger partial charge in [-0.05, 0) is 30.7 Å². The molecule has 0 spiro atoms. The molecule has 1 aromatic carbocycles. The maximum atomic E-state index is 12.5. The first-order chi connectivity index (χ1) is 9.58. The third kappa shape index (κ3) is 5.17. The van der Waals surface area contributed by atoms with Crippen molar-refractivity contribution in [1.29, 1.82) is 0 Å². The van der Waals surface area contributed by atoms with Crippen LogP contribution in [0.4, 0.5) is 0 Å². The van der Waals surface area contributed by atoms with Crippen LogP contribution in [0.25, 0.3) is 0 Å². The summed E-state index contributed by atoms with van der Waals surface area (Å²) >= 11 is 4.89. The van der Waals surface area contributed by atoms with E-state index in [1.807, 2.05) is 4.90 Å². The molecule has 0 aliphatic heterocycles. The van der Waals surface area contributed by atoms with E-state index in [9.17, 15) is 4.79 Å². The largest absolute Gasteiger partial charge is 0.497 e. The smallest absolute Gasteiger partial charge is 0.253 e. The van der Waals surface area contributed by atoms with Gasteiger partial charge in [0.2, 0.25) is 0 Å². The van der Waals surface area contributed by atoms with E-state index in [1.54, 1.807) is 31.4 Å². The number of carbonyl (C=O) groups is 1. The lowest BCUT2D eigenvalue weighted by molar-refractivity contribution is 0.0758. The summed E-state index contributed by atoms with van der Waals surface area (Å²) < 4.78 is 5.09. The molecule has 1 aromatic rings. The Morgan fingerprint density at radius 3 is 2.45 bits per heavy atom. The molecule has 0 fully saturated rings. The molecule has 0 aliphatic rings. The molecule has 1 rings (SSSR count). The average molecular weight is 294 g/mol. The molecule has 0 aromatic heterocycles. The van der Waals surface area contributed by atoms with Crippen molar-refractivity contribution in [1.82, 2.24) is 4.90 Å². The van der Waals surface area contributed by atoms with Crippen LogP contribution in [0.5, 0.6) is 5.75 Å². The van der Waals surface area contributed by atoms with E-state index in [-0.39, 0.29) is 5.91 Å². The fraction of sp³-hybridized carbons (Fsp3) is 0.467. The molecule has 20 heavy (non-hydrogen) atoms. The van der Waals surface area contributed by atoms with E-state index in [0.29, 0.717) is 23.5 Å². The van der Waals surface area contributed by atoms with Crippen molar-refractivity contribution in [2.24, 2.45) is 5.73 Å². The van der Waals surface area contributed by atoms with E-state index in [0.717, 1.165) is 25.1 Å². The number of hydrogen-bond donors (Lipinski definition) is 1. The van der Waals surface area contributed by atoms with Crippen molar-refractivity contribution in [2.45, 2.75) is 26.2 Å². The van der Waals surface area contributed by atoms with Crippen LogP contribution in [0, 0.1) is 0 Å². The molecular weight excluding hydrogens is 272 g/mol. The number of rotatable bonds is 8. The van der Waals surface area contributed by atoms with Crippen LogP contribution in [-0.4, -0.2) is 36.0 Å². The molecule has 0 heterocycles. The summed E-state index contributed by atoms with van der Waals surface area (Å²) in [6, 6.07) is 7.14. The Labute approximate surface area is 125 Å². The molecule has 4 nitrogen and oxygen atoms in total. The normalized spacial score (nSPS) is 10.1. The third-order valence-corrected chi connectivity index (χ3v) is 3.24. The fourth-order valence-electron chi connectivity index (χ4n) is 1.83. The van der Waals surface area contributed by atoms with E-state index >= 15 is 0 Å². The van der Waals surface area contributed by atoms with Gasteiger partial charge in [0.1, 0.15) is 5.75 Å². The summed E-state index contributed by atoms with van der Waals surface area (Å²) in [5.41, 5.74) is 6.18. The first kappa shape index (κ1) is 16.4. The van der Waals surface area contributed by atoms with Crippen LogP contribution in [-0.2, 0) is 0 Å². The maximum absolute atomic E-state index is 12.5. The highest BCUT2D eigenvalue weighted by atomic mass is 32.1. The zero-order valence-corrected chi connectivity index (χ0v) is 12.9. The topological polar surface area (TPSA) is 55.6 Å². The molecule has 0 unspecified atom stereocenters. The highest BCUT2D eigenvalue weighted by Gasteiger charge is 2.15. The van der Waals surface area contributed by atoms with Gasteiger partial charge in [-0.25, -0.2) is 0 Å². The number of methoxy groups -OCH3 is 1. The van der Waals surface area contributed by atoms with Gasteiger partial charge in [0.25, 0.3) is 5.91 Å². The number of nitrogens with zero attached hydrogens (tertiary/aromatic N) is 1.